The van der Waals surface area contributed by atoms with Gasteiger partial charge in [-0.05, 0) is 40.5 Å². The van der Waals surface area contributed by atoms with E-state index in [-0.39, 0.29) is 11.9 Å². The Hall–Kier alpha value is -3.66. The number of pyridine rings is 1. The summed E-state index contributed by atoms with van der Waals surface area (Å²) in [6.45, 7) is 0.982. The van der Waals surface area contributed by atoms with Gasteiger partial charge in [0.15, 0.2) is 0 Å². The molecule has 0 aliphatic carbocycles. The molecule has 2 heterocycles. The van der Waals surface area contributed by atoms with Crippen molar-refractivity contribution in [2.75, 3.05) is 6.61 Å². The summed E-state index contributed by atoms with van der Waals surface area (Å²) in [5.41, 5.74) is 3.20. The summed E-state index contributed by atoms with van der Waals surface area (Å²) < 4.78 is 5.96. The van der Waals surface area contributed by atoms with Crippen molar-refractivity contribution in [1.82, 2.24) is 9.88 Å². The van der Waals surface area contributed by atoms with E-state index in [4.69, 9.17) is 4.74 Å². The molecule has 0 unspecified atom stereocenters. The second kappa shape index (κ2) is 7.99. The fourth-order valence-corrected chi connectivity index (χ4v) is 4.15. The molecule has 1 atom stereocenters. The standard InChI is InChI=1S/C26H22N2O2/c29-26(24-13-7-11-19-8-3-4-12-23(19)24)28-17-21-10-2-1-9-20(21)16-22(28)18-30-25-14-5-6-15-27-25/h1-15,22H,16-18H2/t22-/m0/s1. The minimum atomic E-state index is -0.0617. The van der Waals surface area contributed by atoms with Crippen molar-refractivity contribution >= 4 is 16.7 Å². The van der Waals surface area contributed by atoms with E-state index in [0.29, 0.717) is 19.0 Å². The van der Waals surface area contributed by atoms with Crippen LogP contribution >= 0.6 is 0 Å². The molecule has 1 aliphatic heterocycles. The molecule has 0 bridgehead atoms. The van der Waals surface area contributed by atoms with Gasteiger partial charge in [0.25, 0.3) is 5.91 Å². The van der Waals surface area contributed by atoms with Crippen LogP contribution < -0.4 is 4.74 Å². The van der Waals surface area contributed by atoms with Crippen molar-refractivity contribution in [2.45, 2.75) is 19.0 Å². The van der Waals surface area contributed by atoms with Crippen molar-refractivity contribution < 1.29 is 9.53 Å². The molecule has 4 heteroatoms. The third-order valence-electron chi connectivity index (χ3n) is 5.70. The largest absolute Gasteiger partial charge is 0.475 e. The second-order valence-corrected chi connectivity index (χ2v) is 7.57. The minimum Gasteiger partial charge on any atom is -0.475 e. The first kappa shape index (κ1) is 18.4. The molecule has 1 aliphatic rings. The summed E-state index contributed by atoms with van der Waals surface area (Å²) in [6, 6.07) is 27.8. The van der Waals surface area contributed by atoms with Crippen molar-refractivity contribution in [2.24, 2.45) is 0 Å². The van der Waals surface area contributed by atoms with Gasteiger partial charge in [-0.2, -0.15) is 0 Å². The predicted molar refractivity (Wildman–Crippen MR) is 117 cm³/mol. The Morgan fingerprint density at radius 2 is 1.67 bits per heavy atom. The van der Waals surface area contributed by atoms with Crippen molar-refractivity contribution in [1.29, 1.82) is 0 Å². The lowest BCUT2D eigenvalue weighted by Crippen LogP contribution is -2.47. The SMILES string of the molecule is O=C(c1cccc2ccccc12)N1Cc2ccccc2C[C@H]1COc1ccccn1. The first-order chi connectivity index (χ1) is 14.8. The number of hydrogen-bond acceptors (Lipinski definition) is 3. The zero-order valence-electron chi connectivity index (χ0n) is 16.6. The Labute approximate surface area is 175 Å². The van der Waals surface area contributed by atoms with Crippen molar-refractivity contribution in [3.05, 3.63) is 108 Å². The number of carbonyl (C=O) groups is 1. The molecule has 5 rings (SSSR count). The maximum absolute atomic E-state index is 13.7. The van der Waals surface area contributed by atoms with E-state index in [1.54, 1.807) is 6.20 Å². The van der Waals surface area contributed by atoms with Crippen LogP contribution in [-0.4, -0.2) is 28.4 Å². The van der Waals surface area contributed by atoms with Crippen LogP contribution in [0.3, 0.4) is 0 Å². The van der Waals surface area contributed by atoms with Gasteiger partial charge in [0.2, 0.25) is 5.88 Å². The normalized spacial score (nSPS) is 15.6. The Kier molecular flexibility index (Phi) is 4.89. The van der Waals surface area contributed by atoms with E-state index < -0.39 is 0 Å². The number of aromatic nitrogens is 1. The van der Waals surface area contributed by atoms with Crippen molar-refractivity contribution in [3.63, 3.8) is 0 Å². The molecule has 0 radical (unpaired) electrons. The topological polar surface area (TPSA) is 42.4 Å². The van der Waals surface area contributed by atoms with Gasteiger partial charge in [0.05, 0.1) is 6.04 Å². The molecule has 0 saturated carbocycles. The second-order valence-electron chi connectivity index (χ2n) is 7.57. The molecule has 0 spiro atoms. The van der Waals surface area contributed by atoms with Gasteiger partial charge >= 0.3 is 0 Å². The number of fused-ring (bicyclic) bond motifs is 2. The Morgan fingerprint density at radius 1 is 0.900 bits per heavy atom. The van der Waals surface area contributed by atoms with Gasteiger partial charge in [-0.3, -0.25) is 4.79 Å². The summed E-state index contributed by atoms with van der Waals surface area (Å²) in [5.74, 6) is 0.616. The van der Waals surface area contributed by atoms with E-state index in [0.717, 1.165) is 22.8 Å². The highest BCUT2D eigenvalue weighted by Gasteiger charge is 2.31. The average Bonchev–Trinajstić information content (AvgIpc) is 2.82. The van der Waals surface area contributed by atoms with E-state index in [9.17, 15) is 4.79 Å². The lowest BCUT2D eigenvalue weighted by Gasteiger charge is -2.37. The van der Waals surface area contributed by atoms with Crippen molar-refractivity contribution in [3.8, 4) is 5.88 Å². The average molecular weight is 394 g/mol. The smallest absolute Gasteiger partial charge is 0.255 e. The Bertz CT molecular complexity index is 1180. The predicted octanol–water partition coefficient (Wildman–Crippen LogP) is 4.88. The summed E-state index contributed by atoms with van der Waals surface area (Å²) in [6.07, 6.45) is 2.48. The van der Waals surface area contributed by atoms with E-state index in [1.165, 1.54) is 11.1 Å². The van der Waals surface area contributed by atoms with Gasteiger partial charge < -0.3 is 9.64 Å². The molecule has 0 N–H and O–H groups in total. The molecule has 4 aromatic rings. The number of hydrogen-bond donors (Lipinski definition) is 0. The molecule has 148 valence electrons. The van der Waals surface area contributed by atoms with Crippen LogP contribution in [0, 0.1) is 0 Å². The van der Waals surface area contributed by atoms with Crippen LogP contribution in [0.15, 0.2) is 91.1 Å². The third kappa shape index (κ3) is 3.52. The zero-order chi connectivity index (χ0) is 20.3. The lowest BCUT2D eigenvalue weighted by molar-refractivity contribution is 0.0564. The number of carbonyl (C=O) groups excluding carboxylic acids is 1. The summed E-state index contributed by atoms with van der Waals surface area (Å²) >= 11 is 0. The minimum absolute atomic E-state index is 0.0379. The summed E-state index contributed by atoms with van der Waals surface area (Å²) in [5, 5.41) is 2.05. The molecular weight excluding hydrogens is 372 g/mol. The van der Waals surface area contributed by atoms with Crippen LogP contribution in [0.5, 0.6) is 5.88 Å². The highest BCUT2D eigenvalue weighted by atomic mass is 16.5. The third-order valence-corrected chi connectivity index (χ3v) is 5.70. The summed E-state index contributed by atoms with van der Waals surface area (Å²) in [7, 11) is 0. The Balaban J connectivity index is 1.48. The van der Waals surface area contributed by atoms with Crippen LogP contribution in [0.25, 0.3) is 10.8 Å². The van der Waals surface area contributed by atoms with Gasteiger partial charge in [0.1, 0.15) is 6.61 Å². The lowest BCUT2D eigenvalue weighted by atomic mass is 9.93. The fourth-order valence-electron chi connectivity index (χ4n) is 4.15. The van der Waals surface area contributed by atoms with E-state index in [2.05, 4.69) is 23.2 Å². The molecule has 3 aromatic carbocycles. The first-order valence-electron chi connectivity index (χ1n) is 10.2. The van der Waals surface area contributed by atoms with E-state index in [1.807, 2.05) is 71.6 Å². The zero-order valence-corrected chi connectivity index (χ0v) is 16.6. The molecule has 30 heavy (non-hydrogen) atoms. The molecule has 0 fully saturated rings. The number of amides is 1. The van der Waals surface area contributed by atoms with Crippen LogP contribution in [0.2, 0.25) is 0 Å². The van der Waals surface area contributed by atoms with Crippen LogP contribution in [-0.2, 0) is 13.0 Å². The molecule has 1 amide bonds. The van der Waals surface area contributed by atoms with Gasteiger partial charge in [0, 0.05) is 24.4 Å². The van der Waals surface area contributed by atoms with Crippen LogP contribution in [0.4, 0.5) is 0 Å². The molecule has 4 nitrogen and oxygen atoms in total. The monoisotopic (exact) mass is 394 g/mol. The quantitative estimate of drug-likeness (QED) is 0.495. The molecule has 1 aromatic heterocycles. The number of rotatable bonds is 4. The number of ether oxygens (including phenoxy) is 1. The number of benzene rings is 3. The first-order valence-corrected chi connectivity index (χ1v) is 10.2. The van der Waals surface area contributed by atoms with Crippen LogP contribution in [0.1, 0.15) is 21.5 Å². The van der Waals surface area contributed by atoms with Gasteiger partial charge in [-0.1, -0.05) is 66.7 Å². The fraction of sp³-hybridized carbons (Fsp3) is 0.154. The highest BCUT2D eigenvalue weighted by molar-refractivity contribution is 6.07. The summed E-state index contributed by atoms with van der Waals surface area (Å²) in [4.78, 5) is 19.9. The highest BCUT2D eigenvalue weighted by Crippen LogP contribution is 2.28. The number of nitrogens with zero attached hydrogens (tertiary/aromatic N) is 2. The molecular formula is C26H22N2O2. The van der Waals surface area contributed by atoms with E-state index >= 15 is 0 Å². The maximum atomic E-state index is 13.7. The molecule has 0 saturated heterocycles. The van der Waals surface area contributed by atoms with Gasteiger partial charge in [-0.25, -0.2) is 4.98 Å². The van der Waals surface area contributed by atoms with Gasteiger partial charge in [-0.15, -0.1) is 0 Å². The maximum Gasteiger partial charge on any atom is 0.255 e. The Morgan fingerprint density at radius 3 is 2.53 bits per heavy atom.